The van der Waals surface area contributed by atoms with Gasteiger partial charge >= 0.3 is 0 Å². The summed E-state index contributed by atoms with van der Waals surface area (Å²) in [7, 11) is 0. The van der Waals surface area contributed by atoms with E-state index in [2.05, 4.69) is 76.2 Å². The van der Waals surface area contributed by atoms with Crippen LogP contribution in [0.25, 0.3) is 0 Å². The van der Waals surface area contributed by atoms with Gasteiger partial charge in [0.2, 0.25) is 0 Å². The van der Waals surface area contributed by atoms with Crippen molar-refractivity contribution in [3.8, 4) is 0 Å². The molecule has 0 fully saturated rings. The fourth-order valence-corrected chi connectivity index (χ4v) is 4.00. The van der Waals surface area contributed by atoms with Crippen LogP contribution in [0, 0.1) is 51.4 Å². The topological polar surface area (TPSA) is 0 Å². The standard InChI is InChI=1S/C21H36/c1-13-14(2)16(4)18(17(5)15(13)3)12-19(20(6,7)8)21(9,10)11/h19H,12H2,1-11H3. The fourth-order valence-electron chi connectivity index (χ4n) is 4.00. The maximum absolute atomic E-state index is 2.39. The van der Waals surface area contributed by atoms with Crippen LogP contribution in [0.2, 0.25) is 0 Å². The largest absolute Gasteiger partial charge is 0.0599 e. The first-order valence-electron chi connectivity index (χ1n) is 8.34. The van der Waals surface area contributed by atoms with E-state index in [1.807, 2.05) is 0 Å². The van der Waals surface area contributed by atoms with Crippen LogP contribution in [0.3, 0.4) is 0 Å². The third-order valence-electron chi connectivity index (χ3n) is 5.65. The van der Waals surface area contributed by atoms with Crippen molar-refractivity contribution >= 4 is 0 Å². The summed E-state index contributed by atoms with van der Waals surface area (Å²) < 4.78 is 0. The molecule has 0 aromatic heterocycles. The average Bonchev–Trinajstić information content (AvgIpc) is 2.30. The zero-order valence-electron chi connectivity index (χ0n) is 16.3. The van der Waals surface area contributed by atoms with E-state index in [0.717, 1.165) is 0 Å². The van der Waals surface area contributed by atoms with E-state index < -0.39 is 0 Å². The quantitative estimate of drug-likeness (QED) is 0.584. The van der Waals surface area contributed by atoms with Crippen LogP contribution >= 0.6 is 0 Å². The van der Waals surface area contributed by atoms with Gasteiger partial charge in [0.25, 0.3) is 0 Å². The first-order chi connectivity index (χ1) is 9.28. The molecule has 1 rings (SSSR count). The molecule has 0 unspecified atom stereocenters. The third-order valence-corrected chi connectivity index (χ3v) is 5.65. The molecule has 21 heavy (non-hydrogen) atoms. The monoisotopic (exact) mass is 288 g/mol. The van der Waals surface area contributed by atoms with Crippen molar-refractivity contribution in [3.63, 3.8) is 0 Å². The number of hydrogen-bond donors (Lipinski definition) is 0. The highest BCUT2D eigenvalue weighted by molar-refractivity contribution is 5.49. The molecule has 0 aliphatic heterocycles. The molecule has 0 aliphatic carbocycles. The van der Waals surface area contributed by atoms with Crippen LogP contribution in [0.4, 0.5) is 0 Å². The maximum Gasteiger partial charge on any atom is -0.0235 e. The Bertz CT molecular complexity index is 475. The van der Waals surface area contributed by atoms with Crippen molar-refractivity contribution in [3.05, 3.63) is 33.4 Å². The first kappa shape index (κ1) is 18.3. The summed E-state index contributed by atoms with van der Waals surface area (Å²) in [4.78, 5) is 0. The zero-order chi connectivity index (χ0) is 16.7. The van der Waals surface area contributed by atoms with Crippen LogP contribution in [0.1, 0.15) is 74.9 Å². The van der Waals surface area contributed by atoms with Crippen LogP contribution < -0.4 is 0 Å². The smallest absolute Gasteiger partial charge is 0.0235 e. The normalized spacial score (nSPS) is 13.1. The number of benzene rings is 1. The van der Waals surface area contributed by atoms with Gasteiger partial charge in [0.15, 0.2) is 0 Å². The molecule has 0 spiro atoms. The molecule has 0 atom stereocenters. The molecule has 0 N–H and O–H groups in total. The molecule has 0 radical (unpaired) electrons. The molecule has 120 valence electrons. The van der Waals surface area contributed by atoms with Crippen LogP contribution in [-0.2, 0) is 6.42 Å². The van der Waals surface area contributed by atoms with Crippen LogP contribution in [0.15, 0.2) is 0 Å². The predicted molar refractivity (Wildman–Crippen MR) is 96.2 cm³/mol. The molecule has 0 saturated heterocycles. The van der Waals surface area contributed by atoms with Crippen LogP contribution in [-0.4, -0.2) is 0 Å². The summed E-state index contributed by atoms with van der Waals surface area (Å²) in [5.74, 6) is 0.670. The van der Waals surface area contributed by atoms with Crippen molar-refractivity contribution in [2.75, 3.05) is 0 Å². The van der Waals surface area contributed by atoms with Crippen LogP contribution in [0.5, 0.6) is 0 Å². The summed E-state index contributed by atoms with van der Waals surface area (Å²) in [6.45, 7) is 25.8. The minimum Gasteiger partial charge on any atom is -0.0599 e. The summed E-state index contributed by atoms with van der Waals surface area (Å²) >= 11 is 0. The molecule has 0 bridgehead atoms. The Morgan fingerprint density at radius 3 is 1.14 bits per heavy atom. The highest BCUT2D eigenvalue weighted by Crippen LogP contribution is 2.43. The summed E-state index contributed by atoms with van der Waals surface area (Å²) in [6.07, 6.45) is 1.19. The molecule has 1 aromatic carbocycles. The lowest BCUT2D eigenvalue weighted by molar-refractivity contribution is 0.102. The number of hydrogen-bond acceptors (Lipinski definition) is 0. The SMILES string of the molecule is Cc1c(C)c(C)c(CC(C(C)(C)C)C(C)(C)C)c(C)c1C. The Morgan fingerprint density at radius 2 is 0.857 bits per heavy atom. The van der Waals surface area contributed by atoms with Gasteiger partial charge in [-0.3, -0.25) is 0 Å². The van der Waals surface area contributed by atoms with Crippen molar-refractivity contribution in [2.45, 2.75) is 82.6 Å². The second kappa shape index (κ2) is 5.78. The lowest BCUT2D eigenvalue weighted by Gasteiger charge is -2.42. The predicted octanol–water partition coefficient (Wildman–Crippen LogP) is 6.48. The summed E-state index contributed by atoms with van der Waals surface area (Å²) in [5.41, 5.74) is 9.68. The zero-order valence-corrected chi connectivity index (χ0v) is 16.3. The molecule has 1 aromatic rings. The van der Waals surface area contributed by atoms with Crippen molar-refractivity contribution in [2.24, 2.45) is 16.7 Å². The van der Waals surface area contributed by atoms with Gasteiger partial charge in [-0.2, -0.15) is 0 Å². The Labute approximate surface area is 133 Å². The van der Waals surface area contributed by atoms with Gasteiger partial charge in [-0.05, 0) is 91.2 Å². The third kappa shape index (κ3) is 3.71. The second-order valence-electron chi connectivity index (χ2n) is 9.09. The molecule has 0 nitrogen and oxygen atoms in total. The van der Waals surface area contributed by atoms with Gasteiger partial charge < -0.3 is 0 Å². The van der Waals surface area contributed by atoms with E-state index in [1.165, 1.54) is 34.2 Å². The van der Waals surface area contributed by atoms with E-state index in [4.69, 9.17) is 0 Å². The maximum atomic E-state index is 2.39. The molecular weight excluding hydrogens is 252 g/mol. The van der Waals surface area contributed by atoms with Crippen molar-refractivity contribution < 1.29 is 0 Å². The molecular formula is C21H36. The average molecular weight is 289 g/mol. The minimum atomic E-state index is 0.323. The Balaban J connectivity index is 3.42. The van der Waals surface area contributed by atoms with E-state index in [0.29, 0.717) is 16.7 Å². The fraction of sp³-hybridized carbons (Fsp3) is 0.714. The van der Waals surface area contributed by atoms with Gasteiger partial charge in [-0.1, -0.05) is 41.5 Å². The lowest BCUT2D eigenvalue weighted by atomic mass is 9.63. The van der Waals surface area contributed by atoms with Gasteiger partial charge in [-0.25, -0.2) is 0 Å². The molecule has 0 heteroatoms. The van der Waals surface area contributed by atoms with Crippen molar-refractivity contribution in [1.82, 2.24) is 0 Å². The van der Waals surface area contributed by atoms with Crippen molar-refractivity contribution in [1.29, 1.82) is 0 Å². The van der Waals surface area contributed by atoms with E-state index in [-0.39, 0.29) is 0 Å². The van der Waals surface area contributed by atoms with Gasteiger partial charge in [0, 0.05) is 0 Å². The summed E-state index contributed by atoms with van der Waals surface area (Å²) in [6, 6.07) is 0. The van der Waals surface area contributed by atoms with E-state index >= 15 is 0 Å². The van der Waals surface area contributed by atoms with E-state index in [9.17, 15) is 0 Å². The number of rotatable bonds is 2. The van der Waals surface area contributed by atoms with E-state index in [1.54, 1.807) is 5.56 Å². The Kier molecular flexibility index (Phi) is 5.03. The highest BCUT2D eigenvalue weighted by Gasteiger charge is 2.35. The van der Waals surface area contributed by atoms with Gasteiger partial charge in [-0.15, -0.1) is 0 Å². The second-order valence-corrected chi connectivity index (χ2v) is 9.09. The molecule has 0 heterocycles. The van der Waals surface area contributed by atoms with Gasteiger partial charge in [0.1, 0.15) is 0 Å². The highest BCUT2D eigenvalue weighted by atomic mass is 14.4. The molecule has 0 amide bonds. The first-order valence-corrected chi connectivity index (χ1v) is 8.34. The van der Waals surface area contributed by atoms with Gasteiger partial charge in [0.05, 0.1) is 0 Å². The Hall–Kier alpha value is -0.780. The summed E-state index contributed by atoms with van der Waals surface area (Å²) in [5, 5.41) is 0. The molecule has 0 aliphatic rings. The minimum absolute atomic E-state index is 0.323. The molecule has 0 saturated carbocycles. The lowest BCUT2D eigenvalue weighted by Crippen LogP contribution is -2.34. The Morgan fingerprint density at radius 1 is 0.571 bits per heavy atom.